The molecule has 92 valence electrons. The van der Waals surface area contributed by atoms with E-state index in [0.29, 0.717) is 6.61 Å². The predicted octanol–water partition coefficient (Wildman–Crippen LogP) is 1.97. The molecule has 1 aromatic carbocycles. The number of rotatable bonds is 4. The van der Waals surface area contributed by atoms with Crippen molar-refractivity contribution < 1.29 is 9.53 Å². The van der Waals surface area contributed by atoms with Gasteiger partial charge in [-0.15, -0.1) is 0 Å². The smallest absolute Gasteiger partial charge is 0.424 e. The molecular weight excluding hydrogens is 216 g/mol. The van der Waals surface area contributed by atoms with E-state index in [1.807, 2.05) is 18.2 Å². The third kappa shape index (κ3) is 3.75. The Labute approximate surface area is 102 Å². The Bertz CT molecular complexity index is 348. The zero-order valence-corrected chi connectivity index (χ0v) is 9.89. The summed E-state index contributed by atoms with van der Waals surface area (Å²) in [5.74, 6) is 0. The fourth-order valence-electron chi connectivity index (χ4n) is 1.84. The number of hydrogen-bond acceptors (Lipinski definition) is 3. The van der Waals surface area contributed by atoms with Crippen LogP contribution in [0.5, 0.6) is 0 Å². The monoisotopic (exact) mass is 234 g/mol. The SMILES string of the molecule is O=C(OCCCc1ccccc1)N1CCCN1. The van der Waals surface area contributed by atoms with Crippen molar-refractivity contribution in [3.63, 3.8) is 0 Å². The number of hydrazine groups is 1. The van der Waals surface area contributed by atoms with Crippen molar-refractivity contribution >= 4 is 6.09 Å². The molecule has 0 aliphatic carbocycles. The van der Waals surface area contributed by atoms with E-state index in [4.69, 9.17) is 4.74 Å². The Balaban J connectivity index is 1.61. The van der Waals surface area contributed by atoms with Gasteiger partial charge in [0.2, 0.25) is 0 Å². The zero-order chi connectivity index (χ0) is 11.9. The summed E-state index contributed by atoms with van der Waals surface area (Å²) in [5.41, 5.74) is 4.25. The summed E-state index contributed by atoms with van der Waals surface area (Å²) in [7, 11) is 0. The van der Waals surface area contributed by atoms with Crippen molar-refractivity contribution in [2.24, 2.45) is 0 Å². The maximum Gasteiger partial charge on any atom is 0.424 e. The van der Waals surface area contributed by atoms with Gasteiger partial charge in [-0.3, -0.25) is 0 Å². The second-order valence-electron chi connectivity index (χ2n) is 4.12. The van der Waals surface area contributed by atoms with Crippen molar-refractivity contribution in [3.05, 3.63) is 35.9 Å². The van der Waals surface area contributed by atoms with E-state index in [9.17, 15) is 4.79 Å². The van der Waals surface area contributed by atoms with Crippen LogP contribution in [-0.2, 0) is 11.2 Å². The number of ether oxygens (including phenoxy) is 1. The van der Waals surface area contributed by atoms with Crippen molar-refractivity contribution in [3.8, 4) is 0 Å². The molecule has 1 fully saturated rings. The Kier molecular flexibility index (Phi) is 4.38. The Morgan fingerprint density at radius 3 is 2.88 bits per heavy atom. The van der Waals surface area contributed by atoms with Gasteiger partial charge in [0.25, 0.3) is 0 Å². The number of hydrogen-bond donors (Lipinski definition) is 1. The van der Waals surface area contributed by atoms with Gasteiger partial charge >= 0.3 is 6.09 Å². The highest BCUT2D eigenvalue weighted by Gasteiger charge is 2.18. The van der Waals surface area contributed by atoms with Gasteiger partial charge in [0.1, 0.15) is 0 Å². The van der Waals surface area contributed by atoms with E-state index in [1.54, 1.807) is 5.01 Å². The zero-order valence-electron chi connectivity index (χ0n) is 9.89. The molecule has 4 nitrogen and oxygen atoms in total. The number of nitrogens with zero attached hydrogens (tertiary/aromatic N) is 1. The first kappa shape index (κ1) is 11.9. The van der Waals surface area contributed by atoms with Crippen LogP contribution in [0, 0.1) is 0 Å². The predicted molar refractivity (Wildman–Crippen MR) is 65.4 cm³/mol. The summed E-state index contributed by atoms with van der Waals surface area (Å²) in [5, 5.41) is 1.54. The van der Waals surface area contributed by atoms with Crippen LogP contribution < -0.4 is 5.43 Å². The third-order valence-corrected chi connectivity index (χ3v) is 2.76. The minimum Gasteiger partial charge on any atom is -0.448 e. The van der Waals surface area contributed by atoms with E-state index >= 15 is 0 Å². The highest BCUT2D eigenvalue weighted by Crippen LogP contribution is 2.04. The second-order valence-corrected chi connectivity index (χ2v) is 4.12. The lowest BCUT2D eigenvalue weighted by molar-refractivity contribution is 0.0953. The molecule has 1 aromatic rings. The van der Waals surface area contributed by atoms with Gasteiger partial charge in [-0.25, -0.2) is 15.2 Å². The molecule has 1 aliphatic rings. The summed E-state index contributed by atoms with van der Waals surface area (Å²) in [6.07, 6.45) is 2.56. The van der Waals surface area contributed by atoms with Gasteiger partial charge in [-0.05, 0) is 24.8 Å². The minimum atomic E-state index is -0.254. The highest BCUT2D eigenvalue weighted by atomic mass is 16.6. The Hall–Kier alpha value is -1.55. The average Bonchev–Trinajstić information content (AvgIpc) is 2.89. The fraction of sp³-hybridized carbons (Fsp3) is 0.462. The van der Waals surface area contributed by atoms with Crippen LogP contribution in [0.1, 0.15) is 18.4 Å². The Morgan fingerprint density at radius 1 is 1.35 bits per heavy atom. The molecule has 0 radical (unpaired) electrons. The van der Waals surface area contributed by atoms with E-state index in [0.717, 1.165) is 32.4 Å². The summed E-state index contributed by atoms with van der Waals surface area (Å²) in [4.78, 5) is 11.5. The third-order valence-electron chi connectivity index (χ3n) is 2.76. The number of carbonyl (C=O) groups excluding carboxylic acids is 1. The highest BCUT2D eigenvalue weighted by molar-refractivity contribution is 5.67. The van der Waals surface area contributed by atoms with Gasteiger partial charge in [0.15, 0.2) is 0 Å². The van der Waals surface area contributed by atoms with Crippen LogP contribution in [0.25, 0.3) is 0 Å². The molecule has 1 aliphatic heterocycles. The van der Waals surface area contributed by atoms with Crippen molar-refractivity contribution in [2.75, 3.05) is 19.7 Å². The van der Waals surface area contributed by atoms with Crippen molar-refractivity contribution in [2.45, 2.75) is 19.3 Å². The molecule has 4 heteroatoms. The normalized spacial score (nSPS) is 14.9. The van der Waals surface area contributed by atoms with Gasteiger partial charge in [-0.2, -0.15) is 0 Å². The summed E-state index contributed by atoms with van der Waals surface area (Å²) in [6.45, 7) is 2.09. The molecule has 2 rings (SSSR count). The maximum atomic E-state index is 11.5. The van der Waals surface area contributed by atoms with Gasteiger partial charge in [0.05, 0.1) is 6.61 Å². The summed E-state index contributed by atoms with van der Waals surface area (Å²) < 4.78 is 5.17. The molecule has 1 amide bonds. The van der Waals surface area contributed by atoms with E-state index < -0.39 is 0 Å². The quantitative estimate of drug-likeness (QED) is 0.810. The largest absolute Gasteiger partial charge is 0.448 e. The molecule has 1 saturated heterocycles. The van der Waals surface area contributed by atoms with Crippen molar-refractivity contribution in [1.82, 2.24) is 10.4 Å². The van der Waals surface area contributed by atoms with Crippen LogP contribution in [0.2, 0.25) is 0 Å². The topological polar surface area (TPSA) is 41.6 Å². The van der Waals surface area contributed by atoms with Crippen LogP contribution in [0.4, 0.5) is 4.79 Å². The van der Waals surface area contributed by atoms with Crippen molar-refractivity contribution in [1.29, 1.82) is 0 Å². The van der Waals surface area contributed by atoms with E-state index in [-0.39, 0.29) is 6.09 Å². The van der Waals surface area contributed by atoms with Crippen LogP contribution in [0.3, 0.4) is 0 Å². The van der Waals surface area contributed by atoms with Gasteiger partial charge < -0.3 is 4.74 Å². The lowest BCUT2D eigenvalue weighted by Gasteiger charge is -2.15. The molecule has 0 bridgehead atoms. The van der Waals surface area contributed by atoms with Crippen LogP contribution in [0.15, 0.2) is 30.3 Å². The van der Waals surface area contributed by atoms with E-state index in [2.05, 4.69) is 17.6 Å². The summed E-state index contributed by atoms with van der Waals surface area (Å²) in [6, 6.07) is 10.2. The van der Waals surface area contributed by atoms with Gasteiger partial charge in [-0.1, -0.05) is 30.3 Å². The molecule has 1 N–H and O–H groups in total. The standard InChI is InChI=1S/C13H18N2O2/c16-13(15-10-5-9-14-15)17-11-4-8-12-6-2-1-3-7-12/h1-3,6-7,14H,4-5,8-11H2. The average molecular weight is 234 g/mol. The first-order valence-electron chi connectivity index (χ1n) is 6.08. The second kappa shape index (κ2) is 6.25. The number of amides is 1. The van der Waals surface area contributed by atoms with E-state index in [1.165, 1.54) is 5.56 Å². The summed E-state index contributed by atoms with van der Waals surface area (Å²) >= 11 is 0. The lowest BCUT2D eigenvalue weighted by Crippen LogP contribution is -2.37. The molecule has 0 aromatic heterocycles. The first-order chi connectivity index (χ1) is 8.36. The molecule has 1 heterocycles. The number of carbonyl (C=O) groups is 1. The molecule has 17 heavy (non-hydrogen) atoms. The maximum absolute atomic E-state index is 11.5. The number of nitrogens with one attached hydrogen (secondary N) is 1. The number of benzene rings is 1. The molecule has 0 atom stereocenters. The molecule has 0 spiro atoms. The fourth-order valence-corrected chi connectivity index (χ4v) is 1.84. The lowest BCUT2D eigenvalue weighted by atomic mass is 10.1. The Morgan fingerprint density at radius 2 is 2.18 bits per heavy atom. The minimum absolute atomic E-state index is 0.254. The van der Waals surface area contributed by atoms with Crippen LogP contribution >= 0.6 is 0 Å². The molecule has 0 saturated carbocycles. The van der Waals surface area contributed by atoms with Gasteiger partial charge in [0, 0.05) is 13.1 Å². The molecular formula is C13H18N2O2. The van der Waals surface area contributed by atoms with Crippen LogP contribution in [-0.4, -0.2) is 30.8 Å². The first-order valence-corrected chi connectivity index (χ1v) is 6.08. The molecule has 0 unspecified atom stereocenters. The number of aryl methyl sites for hydroxylation is 1.